The van der Waals surface area contributed by atoms with Crippen molar-refractivity contribution in [3.63, 3.8) is 0 Å². The third kappa shape index (κ3) is 4.52. The molecule has 1 fully saturated rings. The summed E-state index contributed by atoms with van der Waals surface area (Å²) in [5.74, 6) is 1.95. The zero-order valence-corrected chi connectivity index (χ0v) is 15.8. The van der Waals surface area contributed by atoms with E-state index in [9.17, 15) is 4.79 Å². The zero-order chi connectivity index (χ0) is 19.1. The Hall–Kier alpha value is -2.73. The van der Waals surface area contributed by atoms with Gasteiger partial charge in [0.15, 0.2) is 18.1 Å². The van der Waals surface area contributed by atoms with Crippen molar-refractivity contribution >= 4 is 5.91 Å². The van der Waals surface area contributed by atoms with Crippen LogP contribution < -0.4 is 19.5 Å². The molecule has 1 heterocycles. The number of hydrogen-bond acceptors (Lipinski definition) is 5. The summed E-state index contributed by atoms with van der Waals surface area (Å²) in [6, 6.07) is 15.1. The lowest BCUT2D eigenvalue weighted by molar-refractivity contribution is -0.136. The van der Waals surface area contributed by atoms with Crippen molar-refractivity contribution < 1.29 is 19.0 Å². The van der Waals surface area contributed by atoms with Crippen LogP contribution in [-0.4, -0.2) is 50.8 Å². The van der Waals surface area contributed by atoms with E-state index in [-0.39, 0.29) is 18.6 Å². The number of nitrogens with zero attached hydrogens (tertiary/aromatic N) is 1. The summed E-state index contributed by atoms with van der Waals surface area (Å²) in [6.07, 6.45) is 0. The second-order valence-corrected chi connectivity index (χ2v) is 6.22. The van der Waals surface area contributed by atoms with Gasteiger partial charge >= 0.3 is 0 Å². The monoisotopic (exact) mass is 370 g/mol. The van der Waals surface area contributed by atoms with Gasteiger partial charge in [0.1, 0.15) is 5.75 Å². The van der Waals surface area contributed by atoms with Gasteiger partial charge in [-0.2, -0.15) is 0 Å². The molecule has 1 saturated heterocycles. The largest absolute Gasteiger partial charge is 0.496 e. The van der Waals surface area contributed by atoms with E-state index in [0.717, 1.165) is 17.9 Å². The van der Waals surface area contributed by atoms with Gasteiger partial charge in [-0.05, 0) is 25.1 Å². The summed E-state index contributed by atoms with van der Waals surface area (Å²) in [4.78, 5) is 14.8. The number of nitrogens with one attached hydrogen (secondary N) is 1. The number of piperazine rings is 1. The summed E-state index contributed by atoms with van der Waals surface area (Å²) >= 11 is 0. The number of methoxy groups -OCH3 is 1. The highest BCUT2D eigenvalue weighted by atomic mass is 16.5. The van der Waals surface area contributed by atoms with Crippen LogP contribution in [-0.2, 0) is 4.79 Å². The third-order valence-electron chi connectivity index (χ3n) is 4.56. The first-order chi connectivity index (χ1) is 13.2. The second kappa shape index (κ2) is 9.28. The maximum atomic E-state index is 12.9. The quantitative estimate of drug-likeness (QED) is 0.812. The van der Waals surface area contributed by atoms with Gasteiger partial charge in [0, 0.05) is 25.2 Å². The molecule has 144 valence electrons. The number of rotatable bonds is 7. The Bertz CT molecular complexity index is 765. The Morgan fingerprint density at radius 2 is 1.74 bits per heavy atom. The number of benzene rings is 2. The molecular formula is C21H26N2O4. The molecule has 27 heavy (non-hydrogen) atoms. The minimum atomic E-state index is -0.0897. The Morgan fingerprint density at radius 3 is 2.44 bits per heavy atom. The first-order valence-corrected chi connectivity index (χ1v) is 9.22. The molecule has 2 aromatic rings. The van der Waals surface area contributed by atoms with E-state index in [1.807, 2.05) is 60.4 Å². The minimum Gasteiger partial charge on any atom is -0.496 e. The van der Waals surface area contributed by atoms with Crippen molar-refractivity contribution in [2.24, 2.45) is 0 Å². The van der Waals surface area contributed by atoms with E-state index in [0.29, 0.717) is 31.2 Å². The Morgan fingerprint density at radius 1 is 1.07 bits per heavy atom. The molecule has 1 N–H and O–H groups in total. The fourth-order valence-electron chi connectivity index (χ4n) is 3.29. The average Bonchev–Trinajstić information content (AvgIpc) is 2.73. The van der Waals surface area contributed by atoms with Gasteiger partial charge in [0.05, 0.1) is 19.8 Å². The van der Waals surface area contributed by atoms with Crippen LogP contribution >= 0.6 is 0 Å². The first-order valence-electron chi connectivity index (χ1n) is 9.22. The molecule has 2 aromatic carbocycles. The van der Waals surface area contributed by atoms with Gasteiger partial charge in [-0.25, -0.2) is 0 Å². The van der Waals surface area contributed by atoms with E-state index in [1.54, 1.807) is 7.11 Å². The van der Waals surface area contributed by atoms with Crippen LogP contribution in [0.4, 0.5) is 0 Å². The van der Waals surface area contributed by atoms with Crippen molar-refractivity contribution in [1.29, 1.82) is 0 Å². The number of carbonyl (C=O) groups excluding carboxylic acids is 1. The number of para-hydroxylation sites is 3. The van der Waals surface area contributed by atoms with Crippen LogP contribution in [0, 0.1) is 0 Å². The average molecular weight is 370 g/mol. The fraction of sp³-hybridized carbons (Fsp3) is 0.381. The van der Waals surface area contributed by atoms with Crippen molar-refractivity contribution in [2.75, 3.05) is 40.0 Å². The summed E-state index contributed by atoms with van der Waals surface area (Å²) in [5.41, 5.74) is 0.996. The molecule has 3 rings (SSSR count). The van der Waals surface area contributed by atoms with Gasteiger partial charge in [0.2, 0.25) is 0 Å². The maximum Gasteiger partial charge on any atom is 0.261 e. The smallest absolute Gasteiger partial charge is 0.261 e. The van der Waals surface area contributed by atoms with Crippen LogP contribution in [0.2, 0.25) is 0 Å². The molecule has 0 radical (unpaired) electrons. The van der Waals surface area contributed by atoms with Gasteiger partial charge in [-0.1, -0.05) is 30.3 Å². The lowest BCUT2D eigenvalue weighted by Crippen LogP contribution is -2.50. The molecule has 0 aliphatic carbocycles. The van der Waals surface area contributed by atoms with E-state index in [2.05, 4.69) is 5.32 Å². The summed E-state index contributed by atoms with van der Waals surface area (Å²) < 4.78 is 16.8. The number of carbonyl (C=O) groups is 1. The van der Waals surface area contributed by atoms with Crippen LogP contribution in [0.3, 0.4) is 0 Å². The molecule has 0 spiro atoms. The van der Waals surface area contributed by atoms with Gasteiger partial charge in [-0.3, -0.25) is 4.79 Å². The molecule has 0 saturated carbocycles. The molecule has 1 atom stereocenters. The molecule has 1 aliphatic heterocycles. The van der Waals surface area contributed by atoms with Crippen LogP contribution in [0.15, 0.2) is 48.5 Å². The molecule has 6 heteroatoms. The standard InChI is InChI=1S/C21H26N2O4/c1-3-26-19-10-6-7-11-20(19)27-15-21(24)23-13-12-22-14-17(23)16-8-4-5-9-18(16)25-2/h4-11,17,22H,3,12-15H2,1-2H3. The lowest BCUT2D eigenvalue weighted by Gasteiger charge is -2.37. The Kier molecular flexibility index (Phi) is 6.54. The summed E-state index contributed by atoms with van der Waals surface area (Å²) in [6.45, 7) is 4.49. The van der Waals surface area contributed by atoms with Gasteiger partial charge in [-0.15, -0.1) is 0 Å². The number of hydrogen-bond donors (Lipinski definition) is 1. The predicted octanol–water partition coefficient (Wildman–Crippen LogP) is 2.65. The van der Waals surface area contributed by atoms with Crippen molar-refractivity contribution in [1.82, 2.24) is 10.2 Å². The van der Waals surface area contributed by atoms with Crippen molar-refractivity contribution in [3.05, 3.63) is 54.1 Å². The van der Waals surface area contributed by atoms with E-state index >= 15 is 0 Å². The Balaban J connectivity index is 1.72. The molecule has 6 nitrogen and oxygen atoms in total. The molecular weight excluding hydrogens is 344 g/mol. The molecule has 0 bridgehead atoms. The van der Waals surface area contributed by atoms with Crippen molar-refractivity contribution in [3.8, 4) is 17.2 Å². The van der Waals surface area contributed by atoms with Gasteiger partial charge in [0.25, 0.3) is 5.91 Å². The predicted molar refractivity (Wildman–Crippen MR) is 103 cm³/mol. The van der Waals surface area contributed by atoms with Crippen LogP contribution in [0.5, 0.6) is 17.2 Å². The highest BCUT2D eigenvalue weighted by Gasteiger charge is 2.30. The molecule has 1 amide bonds. The molecule has 1 unspecified atom stereocenters. The van der Waals surface area contributed by atoms with Gasteiger partial charge < -0.3 is 24.4 Å². The molecule has 0 aromatic heterocycles. The lowest BCUT2D eigenvalue weighted by atomic mass is 10.0. The SMILES string of the molecule is CCOc1ccccc1OCC(=O)N1CCNCC1c1ccccc1OC. The highest BCUT2D eigenvalue weighted by molar-refractivity contribution is 5.78. The zero-order valence-electron chi connectivity index (χ0n) is 15.8. The number of ether oxygens (including phenoxy) is 3. The van der Waals surface area contributed by atoms with E-state index in [1.165, 1.54) is 0 Å². The maximum absolute atomic E-state index is 12.9. The Labute approximate surface area is 160 Å². The molecule has 1 aliphatic rings. The summed E-state index contributed by atoms with van der Waals surface area (Å²) in [5, 5.41) is 3.36. The van der Waals surface area contributed by atoms with Crippen LogP contribution in [0.1, 0.15) is 18.5 Å². The topological polar surface area (TPSA) is 60.0 Å². The normalized spacial score (nSPS) is 16.7. The first kappa shape index (κ1) is 19.0. The number of amides is 1. The highest BCUT2D eigenvalue weighted by Crippen LogP contribution is 2.31. The van der Waals surface area contributed by atoms with E-state index < -0.39 is 0 Å². The van der Waals surface area contributed by atoms with Crippen LogP contribution in [0.25, 0.3) is 0 Å². The minimum absolute atomic E-state index is 0.0320. The van der Waals surface area contributed by atoms with Crippen molar-refractivity contribution in [2.45, 2.75) is 13.0 Å². The third-order valence-corrected chi connectivity index (χ3v) is 4.56. The van der Waals surface area contributed by atoms with E-state index in [4.69, 9.17) is 14.2 Å². The fourth-order valence-corrected chi connectivity index (χ4v) is 3.29. The second-order valence-electron chi connectivity index (χ2n) is 6.22. The summed E-state index contributed by atoms with van der Waals surface area (Å²) in [7, 11) is 1.65.